The van der Waals surface area contributed by atoms with E-state index >= 15 is 0 Å². The molecule has 0 saturated carbocycles. The van der Waals surface area contributed by atoms with Gasteiger partial charge in [0.05, 0.1) is 36.0 Å². The lowest BCUT2D eigenvalue weighted by molar-refractivity contribution is 0.407. The Hall–Kier alpha value is -1.99. The summed E-state index contributed by atoms with van der Waals surface area (Å²) in [6.07, 6.45) is 1.76. The predicted molar refractivity (Wildman–Crippen MR) is 68.8 cm³/mol. The summed E-state index contributed by atoms with van der Waals surface area (Å²) in [6.45, 7) is 2.37. The van der Waals surface area contributed by atoms with E-state index < -0.39 is 0 Å². The second-order valence-corrected chi connectivity index (χ2v) is 4.31. The maximum absolute atomic E-state index is 8.91. The molecule has 0 aliphatic heterocycles. The molecule has 0 bridgehead atoms. The van der Waals surface area contributed by atoms with Crippen molar-refractivity contribution in [1.29, 1.82) is 5.26 Å². The minimum Gasteiger partial charge on any atom is -0.496 e. The highest BCUT2D eigenvalue weighted by molar-refractivity contribution is 6.31. The van der Waals surface area contributed by atoms with Crippen LogP contribution in [-0.4, -0.2) is 16.9 Å². The molecular weight excluding hydrogens is 250 g/mol. The molecule has 2 rings (SSSR count). The zero-order chi connectivity index (χ0) is 13.1. The molecule has 0 spiro atoms. The number of rotatable bonds is 3. The summed E-state index contributed by atoms with van der Waals surface area (Å²) in [7, 11) is 1.60. The van der Waals surface area contributed by atoms with E-state index in [-0.39, 0.29) is 0 Å². The van der Waals surface area contributed by atoms with Crippen LogP contribution in [0.3, 0.4) is 0 Å². The maximum atomic E-state index is 8.91. The minimum absolute atomic E-state index is 0.520. The summed E-state index contributed by atoms with van der Waals surface area (Å²) in [6, 6.07) is 7.41. The number of halogens is 1. The Morgan fingerprint density at radius 1 is 1.50 bits per heavy atom. The highest BCUT2D eigenvalue weighted by Gasteiger charge is 2.08. The number of aromatic nitrogens is 2. The topological polar surface area (TPSA) is 50.8 Å². The number of nitriles is 1. The van der Waals surface area contributed by atoms with Crippen LogP contribution < -0.4 is 4.74 Å². The average molecular weight is 262 g/mol. The summed E-state index contributed by atoms with van der Waals surface area (Å²) < 4.78 is 7.00. The molecular formula is C13H12ClN3O. The molecule has 0 amide bonds. The van der Waals surface area contributed by atoms with Crippen LogP contribution in [0, 0.1) is 18.3 Å². The van der Waals surface area contributed by atoms with E-state index in [1.807, 2.05) is 6.92 Å². The maximum Gasteiger partial charge on any atom is 0.124 e. The first-order valence-corrected chi connectivity index (χ1v) is 5.78. The van der Waals surface area contributed by atoms with Gasteiger partial charge in [0.25, 0.3) is 0 Å². The first kappa shape index (κ1) is 12.5. The van der Waals surface area contributed by atoms with Crippen LogP contribution in [0.5, 0.6) is 5.75 Å². The molecule has 2 aromatic rings. The van der Waals surface area contributed by atoms with Gasteiger partial charge in [0.2, 0.25) is 0 Å². The van der Waals surface area contributed by atoms with Crippen molar-refractivity contribution in [3.63, 3.8) is 0 Å². The smallest absolute Gasteiger partial charge is 0.124 e. The Morgan fingerprint density at radius 3 is 2.83 bits per heavy atom. The Balaban J connectivity index is 2.35. The van der Waals surface area contributed by atoms with E-state index in [4.69, 9.17) is 21.6 Å². The van der Waals surface area contributed by atoms with Gasteiger partial charge in [-0.1, -0.05) is 11.6 Å². The summed E-state index contributed by atoms with van der Waals surface area (Å²) in [5, 5.41) is 13.8. The monoisotopic (exact) mass is 261 g/mol. The van der Waals surface area contributed by atoms with Gasteiger partial charge in [-0.25, -0.2) is 0 Å². The van der Waals surface area contributed by atoms with Gasteiger partial charge < -0.3 is 4.74 Å². The van der Waals surface area contributed by atoms with Crippen molar-refractivity contribution in [2.75, 3.05) is 7.11 Å². The Morgan fingerprint density at radius 2 is 2.28 bits per heavy atom. The zero-order valence-electron chi connectivity index (χ0n) is 10.1. The third kappa shape index (κ3) is 2.47. The van der Waals surface area contributed by atoms with E-state index in [1.54, 1.807) is 36.2 Å². The van der Waals surface area contributed by atoms with Gasteiger partial charge in [0, 0.05) is 11.8 Å². The molecule has 0 aliphatic carbocycles. The average Bonchev–Trinajstić information content (AvgIpc) is 2.68. The summed E-state index contributed by atoms with van der Waals surface area (Å²) in [4.78, 5) is 0. The number of nitrogens with zero attached hydrogens (tertiary/aromatic N) is 3. The van der Waals surface area contributed by atoms with Gasteiger partial charge in [0.1, 0.15) is 5.75 Å². The van der Waals surface area contributed by atoms with Crippen LogP contribution in [0.25, 0.3) is 0 Å². The standard InChI is InChI=1S/C13H12ClN3O/c1-9-12(14)8-17(16-9)7-11-5-10(6-15)3-4-13(11)18-2/h3-5,8H,7H2,1-2H3. The van der Waals surface area contributed by atoms with Crippen LogP contribution in [0.2, 0.25) is 5.02 Å². The highest BCUT2D eigenvalue weighted by atomic mass is 35.5. The van der Waals surface area contributed by atoms with Crippen LogP contribution in [0.4, 0.5) is 0 Å². The SMILES string of the molecule is COc1ccc(C#N)cc1Cn1cc(Cl)c(C)n1. The molecule has 5 heteroatoms. The number of aryl methyl sites for hydroxylation is 1. The van der Waals surface area contributed by atoms with E-state index in [0.717, 1.165) is 17.0 Å². The number of hydrogen-bond acceptors (Lipinski definition) is 3. The van der Waals surface area contributed by atoms with Crippen LogP contribution in [0.15, 0.2) is 24.4 Å². The van der Waals surface area contributed by atoms with E-state index in [1.165, 1.54) is 0 Å². The number of methoxy groups -OCH3 is 1. The summed E-state index contributed by atoms with van der Waals surface area (Å²) in [5.74, 6) is 0.735. The van der Waals surface area contributed by atoms with Crippen LogP contribution >= 0.6 is 11.6 Å². The van der Waals surface area contributed by atoms with Gasteiger partial charge in [-0.05, 0) is 25.1 Å². The Bertz CT molecular complexity index is 594. The van der Waals surface area contributed by atoms with Gasteiger partial charge in [-0.2, -0.15) is 10.4 Å². The molecule has 0 N–H and O–H groups in total. The number of ether oxygens (including phenoxy) is 1. The number of benzene rings is 1. The van der Waals surface area contributed by atoms with Crippen LogP contribution in [-0.2, 0) is 6.54 Å². The van der Waals surface area contributed by atoms with Crippen molar-refractivity contribution in [2.45, 2.75) is 13.5 Å². The van der Waals surface area contributed by atoms with Crippen molar-refractivity contribution in [1.82, 2.24) is 9.78 Å². The molecule has 1 heterocycles. The third-order valence-corrected chi connectivity index (χ3v) is 3.00. The second-order valence-electron chi connectivity index (χ2n) is 3.90. The van der Waals surface area contributed by atoms with Gasteiger partial charge in [-0.15, -0.1) is 0 Å². The first-order valence-electron chi connectivity index (χ1n) is 5.40. The molecule has 0 unspecified atom stereocenters. The molecule has 0 saturated heterocycles. The van der Waals surface area contributed by atoms with Crippen molar-refractivity contribution >= 4 is 11.6 Å². The lowest BCUT2D eigenvalue weighted by Gasteiger charge is -2.08. The number of hydrogen-bond donors (Lipinski definition) is 0. The molecule has 0 atom stereocenters. The Kier molecular flexibility index (Phi) is 3.54. The van der Waals surface area contributed by atoms with Crippen LogP contribution in [0.1, 0.15) is 16.8 Å². The molecule has 92 valence electrons. The lowest BCUT2D eigenvalue weighted by atomic mass is 10.1. The van der Waals surface area contributed by atoms with Gasteiger partial charge in [-0.3, -0.25) is 4.68 Å². The normalized spacial score (nSPS) is 10.1. The molecule has 18 heavy (non-hydrogen) atoms. The van der Waals surface area contributed by atoms with Gasteiger partial charge >= 0.3 is 0 Å². The molecule has 4 nitrogen and oxygen atoms in total. The summed E-state index contributed by atoms with van der Waals surface area (Å²) in [5.41, 5.74) is 2.28. The predicted octanol–water partition coefficient (Wildman–Crippen LogP) is 2.77. The fraction of sp³-hybridized carbons (Fsp3) is 0.231. The van der Waals surface area contributed by atoms with Crippen molar-refractivity contribution < 1.29 is 4.74 Å². The van der Waals surface area contributed by atoms with Crippen molar-refractivity contribution in [3.8, 4) is 11.8 Å². The first-order chi connectivity index (χ1) is 8.63. The second kappa shape index (κ2) is 5.11. The quantitative estimate of drug-likeness (QED) is 0.854. The zero-order valence-corrected chi connectivity index (χ0v) is 10.9. The minimum atomic E-state index is 0.520. The largest absolute Gasteiger partial charge is 0.496 e. The van der Waals surface area contributed by atoms with Crippen molar-refractivity contribution in [2.24, 2.45) is 0 Å². The fourth-order valence-corrected chi connectivity index (χ4v) is 1.87. The molecule has 1 aromatic carbocycles. The van der Waals surface area contributed by atoms with E-state index in [0.29, 0.717) is 17.1 Å². The fourth-order valence-electron chi connectivity index (χ4n) is 1.72. The highest BCUT2D eigenvalue weighted by Crippen LogP contribution is 2.21. The summed E-state index contributed by atoms with van der Waals surface area (Å²) >= 11 is 5.96. The molecule has 1 aromatic heterocycles. The van der Waals surface area contributed by atoms with E-state index in [2.05, 4.69) is 11.2 Å². The van der Waals surface area contributed by atoms with Crippen molar-refractivity contribution in [3.05, 3.63) is 46.2 Å². The third-order valence-electron chi connectivity index (χ3n) is 2.63. The molecule has 0 radical (unpaired) electrons. The molecule has 0 aliphatic rings. The lowest BCUT2D eigenvalue weighted by Crippen LogP contribution is -2.03. The molecule has 0 fully saturated rings. The van der Waals surface area contributed by atoms with Gasteiger partial charge in [0.15, 0.2) is 0 Å². The van der Waals surface area contributed by atoms with E-state index in [9.17, 15) is 0 Å². The Labute approximate surface area is 110 Å².